The van der Waals surface area contributed by atoms with Gasteiger partial charge in [-0.25, -0.2) is 4.79 Å². The third-order valence-corrected chi connectivity index (χ3v) is 4.48. The van der Waals surface area contributed by atoms with Crippen LogP contribution in [0.15, 0.2) is 83.5 Å². The van der Waals surface area contributed by atoms with E-state index in [1.54, 1.807) is 6.26 Å². The molecule has 3 aromatic carbocycles. The predicted molar refractivity (Wildman–Crippen MR) is 117 cm³/mol. The number of carbonyl (C=O) groups excluding carboxylic acids is 1. The average Bonchev–Trinajstić information content (AvgIpc) is 3.15. The Morgan fingerprint density at radius 3 is 2.45 bits per heavy atom. The summed E-state index contributed by atoms with van der Waals surface area (Å²) in [4.78, 5) is 12.8. The average molecular weight is 385 g/mol. The molecule has 0 aliphatic rings. The first-order valence-electron chi connectivity index (χ1n) is 9.56. The highest BCUT2D eigenvalue weighted by Crippen LogP contribution is 2.30. The van der Waals surface area contributed by atoms with Crippen molar-refractivity contribution in [3.05, 3.63) is 84.6 Å². The van der Waals surface area contributed by atoms with Crippen molar-refractivity contribution in [1.29, 1.82) is 0 Å². The first-order chi connectivity index (χ1) is 13.9. The SMILES string of the molecule is CC(C)(C)OC(=O)c1ccc(-c2ccccc2)cc1Nc1ccc2occc2c1. The van der Waals surface area contributed by atoms with E-state index < -0.39 is 5.60 Å². The lowest BCUT2D eigenvalue weighted by Gasteiger charge is -2.21. The third kappa shape index (κ3) is 4.32. The Kier molecular flexibility index (Phi) is 4.85. The second-order valence-electron chi connectivity index (χ2n) is 7.93. The number of carbonyl (C=O) groups is 1. The van der Waals surface area contributed by atoms with Gasteiger partial charge < -0.3 is 14.5 Å². The Bertz CT molecular complexity index is 1150. The lowest BCUT2D eigenvalue weighted by Crippen LogP contribution is -2.24. The standard InChI is InChI=1S/C25H23NO3/c1-25(2,3)29-24(27)21-11-9-18(17-7-5-4-6-8-17)16-22(21)26-20-10-12-23-19(15-20)13-14-28-23/h4-16,26H,1-3H3. The normalized spacial score (nSPS) is 11.4. The number of furan rings is 1. The Hall–Kier alpha value is -3.53. The topological polar surface area (TPSA) is 51.5 Å². The lowest BCUT2D eigenvalue weighted by molar-refractivity contribution is 0.00708. The van der Waals surface area contributed by atoms with Gasteiger partial charge >= 0.3 is 5.97 Å². The fourth-order valence-electron chi connectivity index (χ4n) is 3.17. The number of benzene rings is 3. The molecule has 0 unspecified atom stereocenters. The summed E-state index contributed by atoms with van der Waals surface area (Å²) >= 11 is 0. The van der Waals surface area contributed by atoms with E-state index >= 15 is 0 Å². The highest BCUT2D eigenvalue weighted by atomic mass is 16.6. The van der Waals surface area contributed by atoms with Crippen molar-refractivity contribution in [1.82, 2.24) is 0 Å². The van der Waals surface area contributed by atoms with Gasteiger partial charge in [-0.05, 0) is 68.3 Å². The number of anilines is 2. The van der Waals surface area contributed by atoms with Crippen LogP contribution in [-0.4, -0.2) is 11.6 Å². The van der Waals surface area contributed by atoms with Crippen molar-refractivity contribution in [2.24, 2.45) is 0 Å². The molecule has 146 valence electrons. The van der Waals surface area contributed by atoms with Gasteiger partial charge in [0.2, 0.25) is 0 Å². The number of rotatable bonds is 4. The molecular weight excluding hydrogens is 362 g/mol. The van der Waals surface area contributed by atoms with Gasteiger partial charge in [-0.15, -0.1) is 0 Å². The van der Waals surface area contributed by atoms with E-state index in [0.717, 1.165) is 27.8 Å². The van der Waals surface area contributed by atoms with Crippen LogP contribution in [0.25, 0.3) is 22.1 Å². The second-order valence-corrected chi connectivity index (χ2v) is 7.93. The molecule has 4 nitrogen and oxygen atoms in total. The van der Waals surface area contributed by atoms with E-state index in [1.807, 2.05) is 93.6 Å². The van der Waals surface area contributed by atoms with Crippen molar-refractivity contribution in [3.8, 4) is 11.1 Å². The third-order valence-electron chi connectivity index (χ3n) is 4.48. The zero-order valence-electron chi connectivity index (χ0n) is 16.7. The van der Waals surface area contributed by atoms with Crippen molar-refractivity contribution in [2.45, 2.75) is 26.4 Å². The lowest BCUT2D eigenvalue weighted by atomic mass is 10.0. The molecule has 29 heavy (non-hydrogen) atoms. The van der Waals surface area contributed by atoms with Crippen LogP contribution in [0.2, 0.25) is 0 Å². The van der Waals surface area contributed by atoms with Crippen molar-refractivity contribution < 1.29 is 13.9 Å². The molecule has 4 rings (SSSR count). The van der Waals surface area contributed by atoms with Gasteiger partial charge in [0.1, 0.15) is 11.2 Å². The summed E-state index contributed by atoms with van der Waals surface area (Å²) in [5, 5.41) is 4.38. The fraction of sp³-hybridized carbons (Fsp3) is 0.160. The van der Waals surface area contributed by atoms with Gasteiger partial charge in [0.05, 0.1) is 17.5 Å². The molecule has 0 fully saturated rings. The molecule has 4 aromatic rings. The van der Waals surface area contributed by atoms with Crippen LogP contribution in [0.5, 0.6) is 0 Å². The molecule has 0 atom stereocenters. The van der Waals surface area contributed by atoms with Gasteiger partial charge in [0, 0.05) is 11.1 Å². The van der Waals surface area contributed by atoms with Crippen LogP contribution in [0.4, 0.5) is 11.4 Å². The zero-order chi connectivity index (χ0) is 20.4. The second kappa shape index (κ2) is 7.47. The molecule has 1 aromatic heterocycles. The van der Waals surface area contributed by atoms with Crippen LogP contribution in [0.3, 0.4) is 0 Å². The molecule has 0 bridgehead atoms. The summed E-state index contributed by atoms with van der Waals surface area (Å²) in [6.07, 6.45) is 1.66. The molecule has 4 heteroatoms. The van der Waals surface area contributed by atoms with Crippen molar-refractivity contribution in [2.75, 3.05) is 5.32 Å². The summed E-state index contributed by atoms with van der Waals surface area (Å²) in [6, 6.07) is 23.6. The highest BCUT2D eigenvalue weighted by molar-refractivity contribution is 5.98. The number of nitrogens with one attached hydrogen (secondary N) is 1. The number of fused-ring (bicyclic) bond motifs is 1. The maximum Gasteiger partial charge on any atom is 0.340 e. The summed E-state index contributed by atoms with van der Waals surface area (Å²) < 4.78 is 11.0. The summed E-state index contributed by atoms with van der Waals surface area (Å²) in [6.45, 7) is 5.59. The molecule has 0 amide bonds. The molecular formula is C25H23NO3. The summed E-state index contributed by atoms with van der Waals surface area (Å²) in [7, 11) is 0. The quantitative estimate of drug-likeness (QED) is 0.393. The number of hydrogen-bond acceptors (Lipinski definition) is 4. The van der Waals surface area contributed by atoms with E-state index in [4.69, 9.17) is 9.15 Å². The molecule has 0 radical (unpaired) electrons. The first kappa shape index (κ1) is 18.8. The van der Waals surface area contributed by atoms with Gasteiger partial charge in [-0.1, -0.05) is 36.4 Å². The van der Waals surface area contributed by atoms with Gasteiger partial charge in [0.25, 0.3) is 0 Å². The van der Waals surface area contributed by atoms with Crippen LogP contribution in [-0.2, 0) is 4.74 Å². The maximum atomic E-state index is 12.8. The van der Waals surface area contributed by atoms with Gasteiger partial charge in [-0.3, -0.25) is 0 Å². The molecule has 0 saturated heterocycles. The number of ether oxygens (including phenoxy) is 1. The summed E-state index contributed by atoms with van der Waals surface area (Å²) in [5.41, 5.74) is 4.41. The van der Waals surface area contributed by atoms with E-state index in [0.29, 0.717) is 11.3 Å². The monoisotopic (exact) mass is 385 g/mol. The maximum absolute atomic E-state index is 12.8. The molecule has 1 heterocycles. The number of hydrogen-bond donors (Lipinski definition) is 1. The molecule has 0 aliphatic heterocycles. The van der Waals surface area contributed by atoms with Crippen LogP contribution in [0.1, 0.15) is 31.1 Å². The van der Waals surface area contributed by atoms with Gasteiger partial charge in [-0.2, -0.15) is 0 Å². The van der Waals surface area contributed by atoms with E-state index in [1.165, 1.54) is 0 Å². The Labute approximate surface area is 170 Å². The predicted octanol–water partition coefficient (Wildman–Crippen LogP) is 6.80. The highest BCUT2D eigenvalue weighted by Gasteiger charge is 2.21. The smallest absolute Gasteiger partial charge is 0.340 e. The Morgan fingerprint density at radius 1 is 0.897 bits per heavy atom. The van der Waals surface area contributed by atoms with Crippen molar-refractivity contribution >= 4 is 28.3 Å². The van der Waals surface area contributed by atoms with E-state index in [9.17, 15) is 4.79 Å². The minimum Gasteiger partial charge on any atom is -0.464 e. The van der Waals surface area contributed by atoms with Crippen LogP contribution in [0, 0.1) is 0 Å². The minimum atomic E-state index is -0.567. The molecule has 0 saturated carbocycles. The summed E-state index contributed by atoms with van der Waals surface area (Å²) in [5.74, 6) is -0.357. The minimum absolute atomic E-state index is 0.357. The van der Waals surface area contributed by atoms with E-state index in [2.05, 4.69) is 5.32 Å². The Morgan fingerprint density at radius 2 is 1.69 bits per heavy atom. The molecule has 0 spiro atoms. The molecule has 1 N–H and O–H groups in total. The van der Waals surface area contributed by atoms with Crippen LogP contribution >= 0.6 is 0 Å². The van der Waals surface area contributed by atoms with E-state index in [-0.39, 0.29) is 5.97 Å². The largest absolute Gasteiger partial charge is 0.464 e. The van der Waals surface area contributed by atoms with Crippen molar-refractivity contribution in [3.63, 3.8) is 0 Å². The Balaban J connectivity index is 1.75. The number of esters is 1. The van der Waals surface area contributed by atoms with Gasteiger partial charge in [0.15, 0.2) is 0 Å². The van der Waals surface area contributed by atoms with Crippen LogP contribution < -0.4 is 5.32 Å². The zero-order valence-corrected chi connectivity index (χ0v) is 16.7. The first-order valence-corrected chi connectivity index (χ1v) is 9.56. The molecule has 0 aliphatic carbocycles. The fourth-order valence-corrected chi connectivity index (χ4v) is 3.17.